The zero-order valence-corrected chi connectivity index (χ0v) is 16.6. The second-order valence-electron chi connectivity index (χ2n) is 5.69. The number of amides is 3. The van der Waals surface area contributed by atoms with E-state index >= 15 is 0 Å². The highest BCUT2D eigenvalue weighted by Crippen LogP contribution is 2.29. The minimum atomic E-state index is -1.94. The fourth-order valence-corrected chi connectivity index (χ4v) is 2.39. The minimum Gasteiger partial charge on any atom is -0.329 e. The third-order valence-corrected chi connectivity index (χ3v) is 4.08. The van der Waals surface area contributed by atoms with Crippen LogP contribution in [0.25, 0.3) is 6.08 Å². The molecule has 27 heavy (non-hydrogen) atoms. The lowest BCUT2D eigenvalue weighted by molar-refractivity contribution is -0.117. The summed E-state index contributed by atoms with van der Waals surface area (Å²) in [5, 5.41) is 7.50. The number of urea groups is 1. The van der Waals surface area contributed by atoms with Gasteiger partial charge in [-0.1, -0.05) is 82.8 Å². The van der Waals surface area contributed by atoms with E-state index in [1.54, 1.807) is 18.2 Å². The molecule has 142 valence electrons. The SMILES string of the molecule is Cc1ccc(NC(=O)NC(NC(=O)C=Cc2ccccc2)C(Cl)(Cl)Cl)cc1. The molecule has 2 rings (SSSR count). The summed E-state index contributed by atoms with van der Waals surface area (Å²) in [4.78, 5) is 24.3. The summed E-state index contributed by atoms with van der Waals surface area (Å²) in [5.74, 6) is -0.522. The van der Waals surface area contributed by atoms with Crippen molar-refractivity contribution in [2.45, 2.75) is 16.9 Å². The highest BCUT2D eigenvalue weighted by atomic mass is 35.6. The molecule has 3 amide bonds. The van der Waals surface area contributed by atoms with Crippen molar-refractivity contribution in [3.8, 4) is 0 Å². The Morgan fingerprint density at radius 1 is 0.963 bits per heavy atom. The van der Waals surface area contributed by atoms with Crippen LogP contribution >= 0.6 is 34.8 Å². The summed E-state index contributed by atoms with van der Waals surface area (Å²) in [5.41, 5.74) is 2.46. The maximum atomic E-state index is 12.1. The van der Waals surface area contributed by atoms with Crippen LogP contribution in [0.1, 0.15) is 11.1 Å². The molecule has 0 aromatic heterocycles. The lowest BCUT2D eigenvalue weighted by atomic mass is 10.2. The summed E-state index contributed by atoms with van der Waals surface area (Å²) in [7, 11) is 0. The van der Waals surface area contributed by atoms with Gasteiger partial charge in [-0.15, -0.1) is 0 Å². The monoisotopic (exact) mass is 425 g/mol. The molecule has 5 nitrogen and oxygen atoms in total. The normalized spacial score (nSPS) is 12.4. The van der Waals surface area contributed by atoms with Crippen LogP contribution in [0.15, 0.2) is 60.7 Å². The third-order valence-electron chi connectivity index (χ3n) is 3.43. The van der Waals surface area contributed by atoms with Gasteiger partial charge in [-0.3, -0.25) is 4.79 Å². The van der Waals surface area contributed by atoms with Crippen LogP contribution in [0, 0.1) is 6.92 Å². The van der Waals surface area contributed by atoms with Gasteiger partial charge in [0.2, 0.25) is 9.70 Å². The number of hydrogen-bond acceptors (Lipinski definition) is 2. The molecule has 0 aliphatic heterocycles. The Morgan fingerprint density at radius 2 is 1.59 bits per heavy atom. The smallest absolute Gasteiger partial charge is 0.320 e. The summed E-state index contributed by atoms with van der Waals surface area (Å²) in [6, 6.07) is 15.8. The molecule has 0 aliphatic carbocycles. The number of aryl methyl sites for hydroxylation is 1. The molecule has 0 saturated carbocycles. The van der Waals surface area contributed by atoms with Crippen LogP contribution in [0.2, 0.25) is 0 Å². The van der Waals surface area contributed by atoms with E-state index in [-0.39, 0.29) is 0 Å². The molecule has 0 heterocycles. The third kappa shape index (κ3) is 7.51. The van der Waals surface area contributed by atoms with Gasteiger partial charge in [0.25, 0.3) is 0 Å². The van der Waals surface area contributed by atoms with Gasteiger partial charge in [-0.25, -0.2) is 4.79 Å². The number of anilines is 1. The molecule has 0 aliphatic rings. The number of nitrogens with one attached hydrogen (secondary N) is 3. The van der Waals surface area contributed by atoms with Crippen molar-refractivity contribution in [3.05, 3.63) is 71.8 Å². The molecular weight excluding hydrogens is 409 g/mol. The van der Waals surface area contributed by atoms with Gasteiger partial charge in [0.05, 0.1) is 0 Å². The first-order valence-corrected chi connectivity index (χ1v) is 9.12. The van der Waals surface area contributed by atoms with Crippen LogP contribution in [-0.4, -0.2) is 21.9 Å². The van der Waals surface area contributed by atoms with Gasteiger partial charge < -0.3 is 16.0 Å². The average Bonchev–Trinajstić information content (AvgIpc) is 2.61. The molecule has 2 aromatic rings. The standard InChI is InChI=1S/C19H18Cl3N3O2/c1-13-7-10-15(11-8-13)23-18(27)25-17(19(20,21)22)24-16(26)12-9-14-5-3-2-4-6-14/h2-12,17H,1H3,(H,24,26)(H2,23,25,27). The van der Waals surface area contributed by atoms with E-state index in [4.69, 9.17) is 34.8 Å². The largest absolute Gasteiger partial charge is 0.329 e. The van der Waals surface area contributed by atoms with E-state index in [1.165, 1.54) is 6.08 Å². The van der Waals surface area contributed by atoms with Crippen LogP contribution < -0.4 is 16.0 Å². The van der Waals surface area contributed by atoms with Gasteiger partial charge in [0.1, 0.15) is 0 Å². The van der Waals surface area contributed by atoms with Gasteiger partial charge in [-0.05, 0) is 30.7 Å². The topological polar surface area (TPSA) is 70.2 Å². The summed E-state index contributed by atoms with van der Waals surface area (Å²) in [6.45, 7) is 1.93. The predicted octanol–water partition coefficient (Wildman–Crippen LogP) is 4.64. The van der Waals surface area contributed by atoms with Gasteiger partial charge in [0, 0.05) is 11.8 Å². The van der Waals surface area contributed by atoms with Crippen LogP contribution in [0.5, 0.6) is 0 Å². The first-order valence-electron chi connectivity index (χ1n) is 7.98. The van der Waals surface area contributed by atoms with Gasteiger partial charge in [0.15, 0.2) is 6.17 Å². The molecule has 1 atom stereocenters. The van der Waals surface area contributed by atoms with Crippen molar-refractivity contribution in [1.29, 1.82) is 0 Å². The number of hydrogen-bond donors (Lipinski definition) is 3. The Hall–Kier alpha value is -2.21. The molecule has 1 unspecified atom stereocenters. The van der Waals surface area contributed by atoms with Crippen molar-refractivity contribution in [2.75, 3.05) is 5.32 Å². The number of benzene rings is 2. The Morgan fingerprint density at radius 3 is 2.19 bits per heavy atom. The Balaban J connectivity index is 1.98. The van der Waals surface area contributed by atoms with Gasteiger partial charge >= 0.3 is 6.03 Å². The van der Waals surface area contributed by atoms with E-state index in [0.29, 0.717) is 5.69 Å². The maximum absolute atomic E-state index is 12.1. The predicted molar refractivity (Wildman–Crippen MR) is 111 cm³/mol. The second kappa shape index (κ2) is 9.65. The Labute approximate surface area is 172 Å². The number of carbonyl (C=O) groups excluding carboxylic acids is 2. The summed E-state index contributed by atoms with van der Waals surface area (Å²) >= 11 is 17.6. The van der Waals surface area contributed by atoms with Crippen LogP contribution in [-0.2, 0) is 4.79 Å². The number of halogens is 3. The second-order valence-corrected chi connectivity index (χ2v) is 8.06. The number of rotatable bonds is 5. The molecule has 0 fully saturated rings. The zero-order chi connectivity index (χ0) is 19.9. The molecule has 0 radical (unpaired) electrons. The Bertz CT molecular complexity index is 803. The minimum absolute atomic E-state index is 0.522. The Kier molecular flexibility index (Phi) is 7.54. The molecule has 3 N–H and O–H groups in total. The van der Waals surface area contributed by atoms with E-state index in [2.05, 4.69) is 16.0 Å². The van der Waals surface area contributed by atoms with Crippen molar-refractivity contribution in [3.63, 3.8) is 0 Å². The fraction of sp³-hybridized carbons (Fsp3) is 0.158. The molecule has 2 aromatic carbocycles. The quantitative estimate of drug-likeness (QED) is 0.370. The van der Waals surface area contributed by atoms with Crippen molar-refractivity contribution in [1.82, 2.24) is 10.6 Å². The van der Waals surface area contributed by atoms with Crippen molar-refractivity contribution < 1.29 is 9.59 Å². The number of carbonyl (C=O) groups is 2. The molecule has 8 heteroatoms. The first-order chi connectivity index (χ1) is 12.7. The molecule has 0 spiro atoms. The van der Waals surface area contributed by atoms with E-state index in [9.17, 15) is 9.59 Å². The van der Waals surface area contributed by atoms with Crippen molar-refractivity contribution >= 4 is 58.5 Å². The maximum Gasteiger partial charge on any atom is 0.320 e. The summed E-state index contributed by atoms with van der Waals surface area (Å²) in [6.07, 6.45) is 1.66. The summed E-state index contributed by atoms with van der Waals surface area (Å²) < 4.78 is -1.94. The number of alkyl halides is 3. The van der Waals surface area contributed by atoms with Crippen molar-refractivity contribution in [2.24, 2.45) is 0 Å². The van der Waals surface area contributed by atoms with Gasteiger partial charge in [-0.2, -0.15) is 0 Å². The molecule has 0 saturated heterocycles. The lowest BCUT2D eigenvalue weighted by Gasteiger charge is -2.26. The fourth-order valence-electron chi connectivity index (χ4n) is 2.06. The molecule has 0 bridgehead atoms. The highest BCUT2D eigenvalue weighted by molar-refractivity contribution is 6.68. The van der Waals surface area contributed by atoms with Crippen LogP contribution in [0.4, 0.5) is 10.5 Å². The lowest BCUT2D eigenvalue weighted by Crippen LogP contribution is -2.55. The molecular formula is C19H18Cl3N3O2. The first kappa shape index (κ1) is 21.1. The van der Waals surface area contributed by atoms with E-state index in [0.717, 1.165) is 11.1 Å². The van der Waals surface area contributed by atoms with E-state index in [1.807, 2.05) is 49.4 Å². The zero-order valence-electron chi connectivity index (χ0n) is 14.4. The van der Waals surface area contributed by atoms with E-state index < -0.39 is 21.9 Å². The average molecular weight is 427 g/mol. The van der Waals surface area contributed by atoms with Crippen LogP contribution in [0.3, 0.4) is 0 Å². The highest BCUT2D eigenvalue weighted by Gasteiger charge is 2.35.